The van der Waals surface area contributed by atoms with Gasteiger partial charge in [-0.3, -0.25) is 9.59 Å². The van der Waals surface area contributed by atoms with Gasteiger partial charge in [-0.2, -0.15) is 5.10 Å². The highest BCUT2D eigenvalue weighted by molar-refractivity contribution is 5.88. The summed E-state index contributed by atoms with van der Waals surface area (Å²) in [6.45, 7) is 3.23. The highest BCUT2D eigenvalue weighted by atomic mass is 16.1. The molecule has 1 aliphatic heterocycles. The second kappa shape index (κ2) is 8.43. The lowest BCUT2D eigenvalue weighted by Gasteiger charge is -2.45. The van der Waals surface area contributed by atoms with Gasteiger partial charge in [-0.1, -0.05) is 24.6 Å². The van der Waals surface area contributed by atoms with Crippen molar-refractivity contribution in [2.45, 2.75) is 63.3 Å². The van der Waals surface area contributed by atoms with E-state index >= 15 is 0 Å². The van der Waals surface area contributed by atoms with Crippen molar-refractivity contribution in [2.75, 3.05) is 19.6 Å². The molecule has 1 aromatic carbocycles. The van der Waals surface area contributed by atoms with Crippen molar-refractivity contribution in [1.82, 2.24) is 15.5 Å². The number of rotatable bonds is 5. The zero-order valence-electron chi connectivity index (χ0n) is 16.6. The summed E-state index contributed by atoms with van der Waals surface area (Å²) in [5.74, 6) is -0.00828. The van der Waals surface area contributed by atoms with Crippen LogP contribution in [0.25, 0.3) is 10.8 Å². The highest BCUT2D eigenvalue weighted by Crippen LogP contribution is 2.26. The monoisotopic (exact) mass is 383 g/mol. The summed E-state index contributed by atoms with van der Waals surface area (Å²) in [6.07, 6.45) is 10.4. The van der Waals surface area contributed by atoms with Crippen LogP contribution in [0, 0.1) is 0 Å². The van der Waals surface area contributed by atoms with Crippen LogP contribution in [0.1, 0.15) is 57.1 Å². The molecule has 1 aliphatic carbocycles. The first-order valence-corrected chi connectivity index (χ1v) is 10.8. The van der Waals surface area contributed by atoms with Gasteiger partial charge in [0.1, 0.15) is 5.54 Å². The number of hydrogen-bond acceptors (Lipinski definition) is 3. The normalized spacial score (nSPS) is 20.1. The smallest absolute Gasteiger partial charge is 0.272 e. The SMILES string of the molecule is O=C(Cc1n[nH]c(=O)c2ccccc12)NCC1([NH+]2CCCCC2)CCCCC1. The Hall–Kier alpha value is -2.21. The lowest BCUT2D eigenvalue weighted by atomic mass is 9.79. The van der Waals surface area contributed by atoms with E-state index in [1.165, 1.54) is 64.5 Å². The van der Waals surface area contributed by atoms with Crippen LogP contribution in [-0.4, -0.2) is 41.3 Å². The molecule has 0 atom stereocenters. The van der Waals surface area contributed by atoms with Crippen molar-refractivity contribution in [3.05, 3.63) is 40.3 Å². The lowest BCUT2D eigenvalue weighted by molar-refractivity contribution is -0.957. The van der Waals surface area contributed by atoms with Crippen LogP contribution < -0.4 is 15.8 Å². The molecule has 3 N–H and O–H groups in total. The molecule has 150 valence electrons. The Kier molecular flexibility index (Phi) is 5.76. The zero-order valence-corrected chi connectivity index (χ0v) is 16.6. The van der Waals surface area contributed by atoms with E-state index < -0.39 is 0 Å². The van der Waals surface area contributed by atoms with E-state index in [0.29, 0.717) is 11.1 Å². The summed E-state index contributed by atoms with van der Waals surface area (Å²) in [6, 6.07) is 7.34. The number of carbonyl (C=O) groups is 1. The minimum absolute atomic E-state index is 0.00828. The third kappa shape index (κ3) is 3.97. The predicted molar refractivity (Wildman–Crippen MR) is 109 cm³/mol. The third-order valence-electron chi connectivity index (χ3n) is 6.74. The molecule has 1 amide bonds. The molecule has 2 fully saturated rings. The summed E-state index contributed by atoms with van der Waals surface area (Å²) in [5.41, 5.74) is 0.625. The molecule has 6 nitrogen and oxygen atoms in total. The van der Waals surface area contributed by atoms with Gasteiger partial charge in [0, 0.05) is 18.2 Å². The van der Waals surface area contributed by atoms with Gasteiger partial charge in [0.05, 0.1) is 37.1 Å². The number of quaternary nitrogens is 1. The topological polar surface area (TPSA) is 79.3 Å². The standard InChI is InChI=1S/C22H30N4O2/c27-20(15-19-17-9-3-4-10-18(17)21(28)25-24-19)23-16-22(11-5-1-6-12-22)26-13-7-2-8-14-26/h3-4,9-10H,1-2,5-8,11-16H2,(H,23,27)(H,25,28)/p+1. The molecular formula is C22H31N4O2+. The van der Waals surface area contributed by atoms with Crippen LogP contribution in [0.5, 0.6) is 0 Å². The molecule has 2 aromatic rings. The van der Waals surface area contributed by atoms with E-state index in [0.717, 1.165) is 11.9 Å². The maximum Gasteiger partial charge on any atom is 0.272 e. The summed E-state index contributed by atoms with van der Waals surface area (Å²) < 4.78 is 0. The molecule has 28 heavy (non-hydrogen) atoms. The minimum Gasteiger partial charge on any atom is -0.349 e. The first-order chi connectivity index (χ1) is 13.7. The molecule has 6 heteroatoms. The van der Waals surface area contributed by atoms with Gasteiger partial charge < -0.3 is 10.2 Å². The number of fused-ring (bicyclic) bond motifs is 1. The summed E-state index contributed by atoms with van der Waals surface area (Å²) in [4.78, 5) is 26.4. The molecule has 0 bridgehead atoms. The number of carbonyl (C=O) groups excluding carboxylic acids is 1. The molecule has 0 unspecified atom stereocenters. The molecule has 0 spiro atoms. The molecule has 4 rings (SSSR count). The second-order valence-corrected chi connectivity index (χ2v) is 8.50. The fourth-order valence-electron chi connectivity index (χ4n) is 5.18. The van der Waals surface area contributed by atoms with Crippen molar-refractivity contribution < 1.29 is 9.69 Å². The van der Waals surface area contributed by atoms with Crippen molar-refractivity contribution in [2.24, 2.45) is 0 Å². The van der Waals surface area contributed by atoms with Gasteiger partial charge >= 0.3 is 0 Å². The number of likely N-dealkylation sites (tertiary alicyclic amines) is 1. The summed E-state index contributed by atoms with van der Waals surface area (Å²) in [5, 5.41) is 11.2. The fraction of sp³-hybridized carbons (Fsp3) is 0.591. The number of piperidine rings is 1. The number of hydrogen-bond donors (Lipinski definition) is 3. The maximum atomic E-state index is 12.8. The Bertz CT molecular complexity index is 879. The first kappa shape index (κ1) is 19.1. The predicted octanol–water partition coefficient (Wildman–Crippen LogP) is 1.35. The van der Waals surface area contributed by atoms with E-state index in [4.69, 9.17) is 0 Å². The molecule has 2 heterocycles. The number of nitrogens with zero attached hydrogens (tertiary/aromatic N) is 1. The van der Waals surface area contributed by atoms with E-state index in [1.54, 1.807) is 11.0 Å². The molecule has 2 aliphatic rings. The Morgan fingerprint density at radius 2 is 1.71 bits per heavy atom. The van der Waals surface area contributed by atoms with E-state index in [2.05, 4.69) is 15.5 Å². The largest absolute Gasteiger partial charge is 0.349 e. The van der Waals surface area contributed by atoms with Gasteiger partial charge in [-0.15, -0.1) is 0 Å². The van der Waals surface area contributed by atoms with Crippen molar-refractivity contribution in [3.8, 4) is 0 Å². The van der Waals surface area contributed by atoms with Crippen LogP contribution in [0.4, 0.5) is 0 Å². The highest BCUT2D eigenvalue weighted by Gasteiger charge is 2.42. The molecule has 1 aromatic heterocycles. The van der Waals surface area contributed by atoms with Crippen molar-refractivity contribution in [3.63, 3.8) is 0 Å². The summed E-state index contributed by atoms with van der Waals surface area (Å²) >= 11 is 0. The summed E-state index contributed by atoms with van der Waals surface area (Å²) in [7, 11) is 0. The van der Waals surface area contributed by atoms with Gasteiger partial charge in [0.25, 0.3) is 5.56 Å². The Labute approximate surface area is 165 Å². The third-order valence-corrected chi connectivity index (χ3v) is 6.74. The van der Waals surface area contributed by atoms with Crippen LogP contribution in [0.15, 0.2) is 29.1 Å². The Morgan fingerprint density at radius 3 is 2.46 bits per heavy atom. The first-order valence-electron chi connectivity index (χ1n) is 10.8. The number of benzene rings is 1. The maximum absolute atomic E-state index is 12.8. The van der Waals surface area contributed by atoms with Crippen molar-refractivity contribution in [1.29, 1.82) is 0 Å². The average molecular weight is 384 g/mol. The van der Waals surface area contributed by atoms with Crippen LogP contribution in [0.2, 0.25) is 0 Å². The zero-order chi connectivity index (χ0) is 19.4. The van der Waals surface area contributed by atoms with Crippen LogP contribution in [-0.2, 0) is 11.2 Å². The van der Waals surface area contributed by atoms with E-state index in [1.807, 2.05) is 18.2 Å². The van der Waals surface area contributed by atoms with Crippen LogP contribution in [0.3, 0.4) is 0 Å². The van der Waals surface area contributed by atoms with E-state index in [9.17, 15) is 9.59 Å². The lowest BCUT2D eigenvalue weighted by Crippen LogP contribution is -3.22. The Balaban J connectivity index is 1.46. The molecule has 1 saturated carbocycles. The molecule has 1 saturated heterocycles. The molecule has 0 radical (unpaired) electrons. The fourth-order valence-corrected chi connectivity index (χ4v) is 5.18. The minimum atomic E-state index is -0.213. The van der Waals surface area contributed by atoms with Gasteiger partial charge in [-0.05, 0) is 38.2 Å². The van der Waals surface area contributed by atoms with Gasteiger partial charge in [0.15, 0.2) is 0 Å². The number of amides is 1. The van der Waals surface area contributed by atoms with Gasteiger partial charge in [0.2, 0.25) is 5.91 Å². The van der Waals surface area contributed by atoms with E-state index in [-0.39, 0.29) is 23.4 Å². The average Bonchev–Trinajstić information content (AvgIpc) is 2.76. The van der Waals surface area contributed by atoms with Crippen LogP contribution >= 0.6 is 0 Å². The second-order valence-electron chi connectivity index (χ2n) is 8.50. The quantitative estimate of drug-likeness (QED) is 0.729. The van der Waals surface area contributed by atoms with Crippen molar-refractivity contribution >= 4 is 16.7 Å². The molecular weight excluding hydrogens is 352 g/mol. The Morgan fingerprint density at radius 1 is 1.04 bits per heavy atom. The van der Waals surface area contributed by atoms with Gasteiger partial charge in [-0.25, -0.2) is 5.10 Å². The number of H-pyrrole nitrogens is 1. The number of aromatic amines is 1. The number of nitrogens with one attached hydrogen (secondary N) is 3. The number of aromatic nitrogens is 2.